The third-order valence-corrected chi connectivity index (χ3v) is 13.0. The lowest BCUT2D eigenvalue weighted by Gasteiger charge is -2.27. The molecular weight excluding hydrogens is 847 g/mol. The molecule has 2 heterocycles. The van der Waals surface area contributed by atoms with Crippen LogP contribution in [-0.4, -0.2) is 66.0 Å². The van der Waals surface area contributed by atoms with E-state index in [4.69, 9.17) is 9.31 Å². The molecule has 2 aliphatic heterocycles. The largest absolute Gasteiger partial charge is 0.491 e. The summed E-state index contributed by atoms with van der Waals surface area (Å²) in [7, 11) is 1.11. The summed E-state index contributed by atoms with van der Waals surface area (Å²) in [5, 5.41) is 42.6. The first-order valence-corrected chi connectivity index (χ1v) is 23.0. The number of carbonyl (C=O) groups is 2. The van der Waals surface area contributed by atoms with Gasteiger partial charge in [-0.25, -0.2) is 0 Å². The second-order valence-corrected chi connectivity index (χ2v) is 18.5. The number of hydrogen-bond acceptors (Lipinski definition) is 10. The van der Waals surface area contributed by atoms with Crippen molar-refractivity contribution in [2.45, 2.75) is 101 Å². The normalized spacial score (nSPS) is 23.6. The van der Waals surface area contributed by atoms with Gasteiger partial charge in [-0.1, -0.05) is 161 Å². The van der Waals surface area contributed by atoms with Crippen LogP contribution in [0.2, 0.25) is 0 Å². The third-order valence-electron chi connectivity index (χ3n) is 13.0. The number of nitro groups is 2. The average Bonchev–Trinajstić information content (AvgIpc) is 3.93. The summed E-state index contributed by atoms with van der Waals surface area (Å²) in [6.07, 6.45) is -1.08. The Hall–Kier alpha value is -6.52. The molecule has 6 aromatic rings. The topological polar surface area (TPSA) is 187 Å². The molecule has 345 valence electrons. The Balaban J connectivity index is 0.997. The monoisotopic (exact) mass is 903 g/mol. The van der Waals surface area contributed by atoms with Crippen LogP contribution in [0.25, 0.3) is 21.5 Å². The second kappa shape index (κ2) is 21.0. The molecule has 0 bridgehead atoms. The zero-order valence-electron chi connectivity index (χ0n) is 37.9. The molecule has 10 atom stereocenters. The summed E-state index contributed by atoms with van der Waals surface area (Å²) in [5.74, 6) is -2.49. The molecule has 2 fully saturated rings. The van der Waals surface area contributed by atoms with Crippen LogP contribution in [0, 0.1) is 32.1 Å². The first-order chi connectivity index (χ1) is 32.4. The highest BCUT2D eigenvalue weighted by Gasteiger charge is 2.56. The van der Waals surface area contributed by atoms with Gasteiger partial charge in [-0.05, 0) is 80.6 Å². The minimum absolute atomic E-state index is 0.0524. The Morgan fingerprint density at radius 2 is 0.896 bits per heavy atom. The molecule has 67 heavy (non-hydrogen) atoms. The smallest absolute Gasteiger partial charge is 0.393 e. The van der Waals surface area contributed by atoms with Crippen molar-refractivity contribution in [3.63, 3.8) is 0 Å². The van der Waals surface area contributed by atoms with Gasteiger partial charge in [0.25, 0.3) is 0 Å². The van der Waals surface area contributed by atoms with E-state index in [0.717, 1.165) is 29.2 Å². The van der Waals surface area contributed by atoms with Crippen molar-refractivity contribution in [3.05, 3.63) is 188 Å². The van der Waals surface area contributed by atoms with E-state index in [0.29, 0.717) is 35.1 Å². The van der Waals surface area contributed by atoms with E-state index in [2.05, 4.69) is 21.3 Å². The van der Waals surface area contributed by atoms with Gasteiger partial charge < -0.3 is 19.9 Å². The predicted octanol–water partition coefficient (Wildman–Crippen LogP) is 8.12. The SMILES string of the molecule is CC(C)CC(NC(=O)C1NC(c2ccc3ccccc3c2)C([N+](=O)[O-])C1c1ccccc1)O[B]OC(CC(C)C)NC(=O)C1NC(c2ccc3ccccc3c2)C([N+](=O)[O-])C1c1ccccc1. The zero-order valence-corrected chi connectivity index (χ0v) is 37.9. The highest BCUT2D eigenvalue weighted by Crippen LogP contribution is 2.42. The van der Waals surface area contributed by atoms with Gasteiger partial charge in [-0.2, -0.15) is 0 Å². The van der Waals surface area contributed by atoms with Crippen LogP contribution in [0.1, 0.15) is 86.7 Å². The van der Waals surface area contributed by atoms with Crippen LogP contribution < -0.4 is 21.3 Å². The average molecular weight is 904 g/mol. The molecule has 0 spiro atoms. The van der Waals surface area contributed by atoms with Crippen LogP contribution in [0.3, 0.4) is 0 Å². The van der Waals surface area contributed by atoms with Crippen molar-refractivity contribution in [2.24, 2.45) is 11.8 Å². The summed E-state index contributed by atoms with van der Waals surface area (Å²) in [6.45, 7) is 7.91. The van der Waals surface area contributed by atoms with E-state index in [1.807, 2.05) is 173 Å². The summed E-state index contributed by atoms with van der Waals surface area (Å²) >= 11 is 0. The number of hydrogen-bond donors (Lipinski definition) is 4. The molecule has 4 N–H and O–H groups in total. The predicted molar refractivity (Wildman–Crippen MR) is 258 cm³/mol. The maximum Gasteiger partial charge on any atom is 0.491 e. The van der Waals surface area contributed by atoms with Crippen molar-refractivity contribution in [3.8, 4) is 0 Å². The second-order valence-electron chi connectivity index (χ2n) is 18.5. The molecule has 14 nitrogen and oxygen atoms in total. The van der Waals surface area contributed by atoms with E-state index < -0.39 is 72.4 Å². The molecular formula is C52H56BN6O8. The summed E-state index contributed by atoms with van der Waals surface area (Å²) < 4.78 is 12.3. The highest BCUT2D eigenvalue weighted by atomic mass is 16.6. The Labute approximate surface area is 390 Å². The molecule has 6 aromatic carbocycles. The van der Waals surface area contributed by atoms with Crippen molar-refractivity contribution in [1.82, 2.24) is 21.3 Å². The van der Waals surface area contributed by atoms with Gasteiger partial charge in [0.1, 0.15) is 36.6 Å². The number of fused-ring (bicyclic) bond motifs is 2. The fourth-order valence-corrected chi connectivity index (χ4v) is 9.92. The summed E-state index contributed by atoms with van der Waals surface area (Å²) in [6, 6.07) is 39.3. The molecule has 8 rings (SSSR count). The van der Waals surface area contributed by atoms with E-state index in [1.165, 1.54) is 0 Å². The summed E-state index contributed by atoms with van der Waals surface area (Å²) in [5.41, 5.74) is 2.71. The standard InChI is InChI=1S/C52H56BN6O8/c1-31(2)27-41(54-51(60)47-43(35-17-7-5-8-18-35)49(58(62)63)45(56-47)39-25-23-33-15-11-13-21-37(33)29-39)66-53-67-42(28-32(3)4)55-52(61)48-44(36-19-9-6-10-20-36)50(59(64)65)46(57-48)40-26-24-34-16-12-14-22-38(34)30-40/h5-26,29-32,41-50,56-57H,27-28H2,1-4H3,(H,54,60)(H,55,61). The van der Waals surface area contributed by atoms with Gasteiger partial charge in [0.15, 0.2) is 0 Å². The Bertz CT molecular complexity index is 2510. The molecule has 0 aliphatic carbocycles. The van der Waals surface area contributed by atoms with Gasteiger partial charge >= 0.3 is 7.69 Å². The van der Waals surface area contributed by atoms with Crippen molar-refractivity contribution >= 4 is 41.0 Å². The van der Waals surface area contributed by atoms with Gasteiger partial charge in [-0.15, -0.1) is 0 Å². The fourth-order valence-electron chi connectivity index (χ4n) is 9.92. The minimum Gasteiger partial charge on any atom is -0.393 e. The lowest BCUT2D eigenvalue weighted by molar-refractivity contribution is -0.527. The molecule has 0 aromatic heterocycles. The maximum absolute atomic E-state index is 14.5. The third kappa shape index (κ3) is 10.7. The highest BCUT2D eigenvalue weighted by molar-refractivity contribution is 6.18. The first kappa shape index (κ1) is 47.0. The fraction of sp³-hybridized carbons (Fsp3) is 0.346. The van der Waals surface area contributed by atoms with Crippen molar-refractivity contribution in [2.75, 3.05) is 0 Å². The van der Waals surface area contributed by atoms with E-state index >= 15 is 0 Å². The van der Waals surface area contributed by atoms with E-state index in [-0.39, 0.29) is 21.7 Å². The molecule has 10 unspecified atom stereocenters. The van der Waals surface area contributed by atoms with Crippen LogP contribution in [0.4, 0.5) is 0 Å². The van der Waals surface area contributed by atoms with Gasteiger partial charge in [0.05, 0.1) is 11.8 Å². The molecule has 2 aliphatic rings. The zero-order chi connectivity index (χ0) is 47.2. The van der Waals surface area contributed by atoms with Crippen molar-refractivity contribution < 1.29 is 28.7 Å². The summed E-state index contributed by atoms with van der Waals surface area (Å²) in [4.78, 5) is 54.4. The maximum atomic E-state index is 14.5. The first-order valence-electron chi connectivity index (χ1n) is 23.0. The lowest BCUT2D eigenvalue weighted by atomic mass is 9.85. The Morgan fingerprint density at radius 3 is 1.25 bits per heavy atom. The van der Waals surface area contributed by atoms with Gasteiger partial charge in [-0.3, -0.25) is 40.5 Å². The lowest BCUT2D eigenvalue weighted by Crippen LogP contribution is -2.51. The molecule has 2 amide bonds. The van der Waals surface area contributed by atoms with Crippen LogP contribution >= 0.6 is 0 Å². The quantitative estimate of drug-likeness (QED) is 0.0284. The van der Waals surface area contributed by atoms with E-state index in [1.54, 1.807) is 0 Å². The number of amides is 2. The number of carbonyl (C=O) groups excluding carboxylic acids is 2. The molecule has 1 radical (unpaired) electrons. The number of rotatable bonds is 18. The molecule has 0 saturated carbocycles. The minimum atomic E-state index is -1.17. The Kier molecular flexibility index (Phi) is 14.7. The van der Waals surface area contributed by atoms with Gasteiger partial charge in [0.2, 0.25) is 23.9 Å². The van der Waals surface area contributed by atoms with Crippen molar-refractivity contribution in [1.29, 1.82) is 0 Å². The van der Waals surface area contributed by atoms with Gasteiger partial charge in [0, 0.05) is 9.85 Å². The van der Waals surface area contributed by atoms with E-state index in [9.17, 15) is 29.8 Å². The molecule has 2 saturated heterocycles. The van der Waals surface area contributed by atoms with Crippen LogP contribution in [0.5, 0.6) is 0 Å². The number of benzene rings is 6. The number of nitrogens with zero attached hydrogens (tertiary/aromatic N) is 2. The number of nitrogens with one attached hydrogen (secondary N) is 4. The van der Waals surface area contributed by atoms with Crippen LogP contribution in [-0.2, 0) is 18.9 Å². The molecule has 15 heteroatoms. The van der Waals surface area contributed by atoms with Crippen LogP contribution in [0.15, 0.2) is 146 Å². The Morgan fingerprint density at radius 1 is 0.537 bits per heavy atom.